The predicted molar refractivity (Wildman–Crippen MR) is 64.8 cm³/mol. The summed E-state index contributed by atoms with van der Waals surface area (Å²) in [6.07, 6.45) is -2.69. The number of halogens is 3. The minimum atomic E-state index is -2.69. The van der Waals surface area contributed by atoms with Crippen LogP contribution in [0.15, 0.2) is 12.1 Å². The lowest BCUT2D eigenvalue weighted by Crippen LogP contribution is -2.09. The Hall–Kier alpha value is -1.23. The van der Waals surface area contributed by atoms with Crippen molar-refractivity contribution in [2.24, 2.45) is 0 Å². The van der Waals surface area contributed by atoms with Crippen LogP contribution in [0, 0.1) is 14.9 Å². The van der Waals surface area contributed by atoms with E-state index in [1.54, 1.807) is 35.6 Å². The quantitative estimate of drug-likeness (QED) is 0.620. The molecule has 0 saturated heterocycles. The number of carbonyl (C=O) groups is 1. The molecule has 0 aliphatic heterocycles. The molecule has 0 aliphatic carbocycles. The number of nitrogens with zero attached hydrogens (tertiary/aromatic N) is 1. The fourth-order valence-corrected chi connectivity index (χ4v) is 1.93. The highest BCUT2D eigenvalue weighted by Gasteiger charge is 2.19. The van der Waals surface area contributed by atoms with Crippen molar-refractivity contribution in [3.8, 4) is 6.07 Å². The lowest BCUT2D eigenvalue weighted by Gasteiger charge is -2.08. The fourth-order valence-electron chi connectivity index (χ4n) is 1.23. The van der Waals surface area contributed by atoms with Gasteiger partial charge < -0.3 is 4.74 Å². The van der Waals surface area contributed by atoms with Crippen LogP contribution in [0.3, 0.4) is 0 Å². The molecule has 0 atom stereocenters. The van der Waals surface area contributed by atoms with Crippen molar-refractivity contribution in [3.05, 3.63) is 32.4 Å². The third-order valence-corrected chi connectivity index (χ3v) is 2.92. The Balaban J connectivity index is 3.32. The van der Waals surface area contributed by atoms with Gasteiger partial charge in [0.05, 0.1) is 17.7 Å². The largest absolute Gasteiger partial charge is 0.462 e. The number of rotatable bonds is 3. The van der Waals surface area contributed by atoms with Gasteiger partial charge in [0.15, 0.2) is 0 Å². The molecule has 1 aromatic carbocycles. The van der Waals surface area contributed by atoms with E-state index in [-0.39, 0.29) is 26.9 Å². The van der Waals surface area contributed by atoms with Gasteiger partial charge in [0.1, 0.15) is 6.07 Å². The van der Waals surface area contributed by atoms with E-state index < -0.39 is 12.4 Å². The Morgan fingerprint density at radius 1 is 1.59 bits per heavy atom. The number of ether oxygens (including phenoxy) is 1. The molecule has 90 valence electrons. The Bertz CT molecular complexity index is 483. The van der Waals surface area contributed by atoms with Gasteiger partial charge in [-0.05, 0) is 41.6 Å². The first-order valence-corrected chi connectivity index (χ1v) is 5.78. The molecule has 0 saturated carbocycles. The molecule has 0 heterocycles. The molecular weight excluding hydrogens is 343 g/mol. The van der Waals surface area contributed by atoms with E-state index in [1.165, 1.54) is 6.07 Å². The number of alkyl halides is 2. The maximum atomic E-state index is 12.7. The lowest BCUT2D eigenvalue weighted by molar-refractivity contribution is 0.0525. The smallest absolute Gasteiger partial charge is 0.339 e. The molecule has 0 fully saturated rings. The van der Waals surface area contributed by atoms with Gasteiger partial charge >= 0.3 is 5.97 Å². The zero-order valence-corrected chi connectivity index (χ0v) is 11.0. The van der Waals surface area contributed by atoms with E-state index in [0.717, 1.165) is 6.07 Å². The summed E-state index contributed by atoms with van der Waals surface area (Å²) in [5.41, 5.74) is -0.352. The average Bonchev–Trinajstić information content (AvgIpc) is 2.28. The van der Waals surface area contributed by atoms with Crippen LogP contribution in [-0.2, 0) is 4.74 Å². The van der Waals surface area contributed by atoms with Gasteiger partial charge in [-0.15, -0.1) is 0 Å². The topological polar surface area (TPSA) is 50.1 Å². The fraction of sp³-hybridized carbons (Fsp3) is 0.273. The van der Waals surface area contributed by atoms with Crippen molar-refractivity contribution in [1.29, 1.82) is 5.26 Å². The maximum Gasteiger partial charge on any atom is 0.339 e. The van der Waals surface area contributed by atoms with Crippen molar-refractivity contribution in [2.45, 2.75) is 13.3 Å². The van der Waals surface area contributed by atoms with Gasteiger partial charge in [0, 0.05) is 9.13 Å². The van der Waals surface area contributed by atoms with Gasteiger partial charge in [0.2, 0.25) is 0 Å². The minimum absolute atomic E-state index is 0.0391. The summed E-state index contributed by atoms with van der Waals surface area (Å²) in [6, 6.07) is 4.07. The molecule has 6 heteroatoms. The Labute approximate surface area is 111 Å². The third-order valence-electron chi connectivity index (χ3n) is 1.99. The normalized spacial score (nSPS) is 10.1. The molecule has 0 aliphatic rings. The molecule has 0 unspecified atom stereocenters. The van der Waals surface area contributed by atoms with Gasteiger partial charge in [-0.3, -0.25) is 0 Å². The summed E-state index contributed by atoms with van der Waals surface area (Å²) in [5, 5.41) is 8.84. The molecule has 0 amide bonds. The van der Waals surface area contributed by atoms with Crippen LogP contribution in [0.1, 0.15) is 34.8 Å². The number of hydrogen-bond donors (Lipinski definition) is 0. The molecule has 1 aromatic rings. The molecule has 0 radical (unpaired) electrons. The minimum Gasteiger partial charge on any atom is -0.462 e. The molecule has 0 spiro atoms. The molecule has 0 N–H and O–H groups in total. The van der Waals surface area contributed by atoms with Crippen molar-refractivity contribution < 1.29 is 18.3 Å². The zero-order valence-electron chi connectivity index (χ0n) is 8.84. The van der Waals surface area contributed by atoms with Gasteiger partial charge in [0.25, 0.3) is 6.43 Å². The van der Waals surface area contributed by atoms with Crippen LogP contribution in [-0.4, -0.2) is 12.6 Å². The van der Waals surface area contributed by atoms with Crippen LogP contribution in [0.25, 0.3) is 0 Å². The Kier molecular flexibility index (Phi) is 4.81. The van der Waals surface area contributed by atoms with Crippen LogP contribution in [0.4, 0.5) is 8.78 Å². The van der Waals surface area contributed by atoms with Crippen LogP contribution >= 0.6 is 22.6 Å². The predicted octanol–water partition coefficient (Wildman–Crippen LogP) is 3.28. The number of nitriles is 1. The molecule has 0 aromatic heterocycles. The maximum absolute atomic E-state index is 12.7. The van der Waals surface area contributed by atoms with E-state index in [4.69, 9.17) is 10.00 Å². The van der Waals surface area contributed by atoms with E-state index in [2.05, 4.69) is 0 Å². The Morgan fingerprint density at radius 2 is 2.24 bits per heavy atom. The summed E-state index contributed by atoms with van der Waals surface area (Å²) in [7, 11) is 0. The van der Waals surface area contributed by atoms with Gasteiger partial charge in [-0.2, -0.15) is 5.26 Å². The SMILES string of the molecule is CCOC(=O)c1cc(C(F)F)c(I)cc1C#N. The van der Waals surface area contributed by atoms with Crippen molar-refractivity contribution in [3.63, 3.8) is 0 Å². The number of benzene rings is 1. The molecule has 17 heavy (non-hydrogen) atoms. The second-order valence-corrected chi connectivity index (χ2v) is 4.21. The van der Waals surface area contributed by atoms with Gasteiger partial charge in [-0.25, -0.2) is 13.6 Å². The van der Waals surface area contributed by atoms with Gasteiger partial charge in [-0.1, -0.05) is 0 Å². The molecular formula is C11H8F2INO2. The first kappa shape index (κ1) is 13.8. The molecule has 1 rings (SSSR count). The molecule has 0 bridgehead atoms. The highest BCUT2D eigenvalue weighted by Crippen LogP contribution is 2.27. The number of esters is 1. The number of hydrogen-bond acceptors (Lipinski definition) is 3. The first-order valence-electron chi connectivity index (χ1n) is 4.70. The van der Waals surface area contributed by atoms with Crippen LogP contribution < -0.4 is 0 Å². The van der Waals surface area contributed by atoms with Crippen LogP contribution in [0.5, 0.6) is 0 Å². The summed E-state index contributed by atoms with van der Waals surface area (Å²) in [6.45, 7) is 1.73. The first-order chi connectivity index (χ1) is 8.01. The summed E-state index contributed by atoms with van der Waals surface area (Å²) in [4.78, 5) is 11.5. The van der Waals surface area contributed by atoms with E-state index in [9.17, 15) is 13.6 Å². The van der Waals surface area contributed by atoms with E-state index in [0.29, 0.717) is 0 Å². The second-order valence-electron chi connectivity index (χ2n) is 3.05. The summed E-state index contributed by atoms with van der Waals surface area (Å²) in [5.74, 6) is -0.762. The molecule has 3 nitrogen and oxygen atoms in total. The van der Waals surface area contributed by atoms with Crippen molar-refractivity contribution >= 4 is 28.6 Å². The van der Waals surface area contributed by atoms with Crippen molar-refractivity contribution in [1.82, 2.24) is 0 Å². The second kappa shape index (κ2) is 5.91. The number of carbonyl (C=O) groups excluding carboxylic acids is 1. The van der Waals surface area contributed by atoms with Crippen molar-refractivity contribution in [2.75, 3.05) is 6.61 Å². The third kappa shape index (κ3) is 3.12. The highest BCUT2D eigenvalue weighted by atomic mass is 127. The monoisotopic (exact) mass is 351 g/mol. The van der Waals surface area contributed by atoms with Crippen LogP contribution in [0.2, 0.25) is 0 Å². The standard InChI is InChI=1S/C11H8F2INO2/c1-2-17-11(16)7-4-8(10(12)13)9(14)3-6(7)5-15/h3-4,10H,2H2,1H3. The van der Waals surface area contributed by atoms with E-state index in [1.807, 2.05) is 0 Å². The summed E-state index contributed by atoms with van der Waals surface area (Å²) >= 11 is 1.70. The highest BCUT2D eigenvalue weighted by molar-refractivity contribution is 14.1. The zero-order chi connectivity index (χ0) is 13.0. The average molecular weight is 351 g/mol. The van der Waals surface area contributed by atoms with E-state index >= 15 is 0 Å². The lowest BCUT2D eigenvalue weighted by atomic mass is 10.0. The Morgan fingerprint density at radius 3 is 2.71 bits per heavy atom. The summed E-state index contributed by atoms with van der Waals surface area (Å²) < 4.78 is 30.3.